The van der Waals surface area contributed by atoms with Crippen molar-refractivity contribution in [3.63, 3.8) is 0 Å². The maximum Gasteiger partial charge on any atom is 0.328 e. The van der Waals surface area contributed by atoms with E-state index >= 15 is 0 Å². The minimum atomic E-state index is -0.751. The van der Waals surface area contributed by atoms with Gasteiger partial charge in [0.25, 0.3) is 0 Å². The molecule has 3 atom stereocenters. The summed E-state index contributed by atoms with van der Waals surface area (Å²) < 4.78 is 5.00. The fourth-order valence-electron chi connectivity index (χ4n) is 4.89. The monoisotopic (exact) mass is 438 g/mol. The van der Waals surface area contributed by atoms with E-state index in [1.807, 2.05) is 48.5 Å². The average Bonchev–Trinajstić information content (AvgIpc) is 3.16. The summed E-state index contributed by atoms with van der Waals surface area (Å²) in [5.41, 5.74) is 3.25. The molecular weight excluding hydrogens is 412 g/mol. The van der Waals surface area contributed by atoms with E-state index in [0.717, 1.165) is 22.0 Å². The number of fused-ring (bicyclic) bond motifs is 4. The van der Waals surface area contributed by atoms with E-state index in [1.165, 1.54) is 12.7 Å². The summed E-state index contributed by atoms with van der Waals surface area (Å²) >= 11 is 0. The highest BCUT2D eigenvalue weighted by Gasteiger charge is 2.37. The van der Waals surface area contributed by atoms with Crippen LogP contribution in [0.5, 0.6) is 0 Å². The van der Waals surface area contributed by atoms with E-state index in [2.05, 4.69) is 52.7 Å². The number of rotatable bonds is 6. The predicted octanol–water partition coefficient (Wildman–Crippen LogP) is 4.14. The molecule has 1 heterocycles. The van der Waals surface area contributed by atoms with Crippen LogP contribution in [0.1, 0.15) is 17.0 Å². The normalized spacial score (nSPS) is 19.1. The molecule has 3 aromatic carbocycles. The van der Waals surface area contributed by atoms with Crippen molar-refractivity contribution >= 4 is 28.3 Å². The third-order valence-corrected chi connectivity index (χ3v) is 6.46. The Balaban J connectivity index is 1.33. The number of hydrogen-bond donors (Lipinski definition) is 1. The number of esters is 1. The van der Waals surface area contributed by atoms with Gasteiger partial charge in [0, 0.05) is 18.0 Å². The summed E-state index contributed by atoms with van der Waals surface area (Å²) in [6, 6.07) is 21.7. The van der Waals surface area contributed by atoms with Crippen LogP contribution < -0.4 is 10.2 Å². The Labute approximate surface area is 193 Å². The van der Waals surface area contributed by atoms with E-state index in [-0.39, 0.29) is 24.4 Å². The van der Waals surface area contributed by atoms with Gasteiger partial charge in [0.1, 0.15) is 6.04 Å². The molecule has 2 unspecified atom stereocenters. The van der Waals surface area contributed by atoms with Gasteiger partial charge in [-0.05, 0) is 28.0 Å². The molecule has 0 bridgehead atoms. The van der Waals surface area contributed by atoms with Crippen LogP contribution in [0, 0.1) is 0 Å². The number of allylic oxidation sites excluding steroid dienone is 2. The number of nitrogens with one attached hydrogen (secondary N) is 1. The number of carbonyl (C=O) groups excluding carboxylic acids is 2. The molecule has 1 aliphatic heterocycles. The SMILES string of the molecule is COC(=O)[C@@H](Cc1ccc2ccccc2c1)NC(=O)CN1c2ccccc2C2C=CC=CC21. The van der Waals surface area contributed by atoms with Gasteiger partial charge in [0.2, 0.25) is 5.91 Å². The highest BCUT2D eigenvalue weighted by atomic mass is 16.5. The summed E-state index contributed by atoms with van der Waals surface area (Å²) in [5, 5.41) is 5.15. The fourth-order valence-corrected chi connectivity index (χ4v) is 4.89. The van der Waals surface area contributed by atoms with Crippen LogP contribution in [0.25, 0.3) is 10.8 Å². The highest BCUT2D eigenvalue weighted by Crippen LogP contribution is 2.43. The molecule has 0 saturated heterocycles. The van der Waals surface area contributed by atoms with Crippen LogP contribution in [0.2, 0.25) is 0 Å². The number of para-hydroxylation sites is 1. The number of amides is 1. The average molecular weight is 439 g/mol. The van der Waals surface area contributed by atoms with Gasteiger partial charge < -0.3 is 15.0 Å². The largest absolute Gasteiger partial charge is 0.467 e. The third-order valence-electron chi connectivity index (χ3n) is 6.46. The van der Waals surface area contributed by atoms with Crippen molar-refractivity contribution in [1.82, 2.24) is 5.32 Å². The topological polar surface area (TPSA) is 58.6 Å². The van der Waals surface area contributed by atoms with Crippen molar-refractivity contribution in [3.8, 4) is 0 Å². The summed E-state index contributed by atoms with van der Waals surface area (Å²) in [7, 11) is 1.35. The number of anilines is 1. The number of benzene rings is 3. The summed E-state index contributed by atoms with van der Waals surface area (Å²) in [5.74, 6) is -0.422. The second-order valence-corrected chi connectivity index (χ2v) is 8.50. The highest BCUT2D eigenvalue weighted by molar-refractivity contribution is 5.89. The number of methoxy groups -OCH3 is 1. The summed E-state index contributed by atoms with van der Waals surface area (Å²) in [6.07, 6.45) is 8.75. The standard InChI is InChI=1S/C28H26N2O3/c1-33-28(32)24(17-19-14-15-20-8-2-3-9-21(20)16-19)29-27(31)18-30-25-12-6-4-10-22(25)23-11-5-7-13-26(23)30/h2-16,22,24-25H,17-18H2,1H3,(H,29,31)/t22?,24-,25?/m1/s1. The lowest BCUT2D eigenvalue weighted by Crippen LogP contribution is -2.48. The summed E-state index contributed by atoms with van der Waals surface area (Å²) in [6.45, 7) is 0.168. The fraction of sp³-hybridized carbons (Fsp3) is 0.214. The maximum absolute atomic E-state index is 13.1. The van der Waals surface area contributed by atoms with Crippen molar-refractivity contribution in [2.75, 3.05) is 18.6 Å². The molecule has 1 N–H and O–H groups in total. The van der Waals surface area contributed by atoms with E-state index in [9.17, 15) is 9.59 Å². The van der Waals surface area contributed by atoms with Crippen LogP contribution >= 0.6 is 0 Å². The van der Waals surface area contributed by atoms with E-state index < -0.39 is 12.0 Å². The molecule has 0 radical (unpaired) electrons. The number of nitrogens with zero attached hydrogens (tertiary/aromatic N) is 1. The van der Waals surface area contributed by atoms with Crippen molar-refractivity contribution < 1.29 is 14.3 Å². The van der Waals surface area contributed by atoms with E-state index in [1.54, 1.807) is 0 Å². The van der Waals surface area contributed by atoms with Crippen LogP contribution in [-0.2, 0) is 20.7 Å². The second kappa shape index (κ2) is 8.94. The van der Waals surface area contributed by atoms with E-state index in [4.69, 9.17) is 4.74 Å². The first kappa shape index (κ1) is 21.0. The molecule has 5 heteroatoms. The number of hydrogen-bond acceptors (Lipinski definition) is 4. The Morgan fingerprint density at radius 3 is 2.58 bits per heavy atom. The van der Waals surface area contributed by atoms with Crippen LogP contribution in [0.4, 0.5) is 5.69 Å². The van der Waals surface area contributed by atoms with Crippen molar-refractivity contribution in [2.24, 2.45) is 0 Å². The third kappa shape index (κ3) is 4.14. The quantitative estimate of drug-likeness (QED) is 0.588. The maximum atomic E-state index is 13.1. The van der Waals surface area contributed by atoms with Crippen LogP contribution in [0.15, 0.2) is 91.0 Å². The Hall–Kier alpha value is -3.86. The first-order valence-electron chi connectivity index (χ1n) is 11.2. The first-order chi connectivity index (χ1) is 16.1. The Kier molecular flexibility index (Phi) is 5.69. The van der Waals surface area contributed by atoms with Gasteiger partial charge in [-0.25, -0.2) is 4.79 Å². The molecule has 2 aliphatic rings. The molecule has 0 aromatic heterocycles. The van der Waals surface area contributed by atoms with Crippen LogP contribution in [0.3, 0.4) is 0 Å². The molecular formula is C28H26N2O3. The molecule has 0 saturated carbocycles. The minimum Gasteiger partial charge on any atom is -0.467 e. The van der Waals surface area contributed by atoms with Gasteiger partial charge in [-0.15, -0.1) is 0 Å². The lowest BCUT2D eigenvalue weighted by atomic mass is 9.91. The minimum absolute atomic E-state index is 0.0928. The summed E-state index contributed by atoms with van der Waals surface area (Å²) in [4.78, 5) is 27.7. The molecule has 3 aromatic rings. The zero-order valence-electron chi connectivity index (χ0n) is 18.5. The van der Waals surface area contributed by atoms with Gasteiger partial charge in [-0.3, -0.25) is 4.79 Å². The number of ether oxygens (including phenoxy) is 1. The lowest BCUT2D eigenvalue weighted by molar-refractivity contribution is -0.144. The molecule has 166 valence electrons. The van der Waals surface area contributed by atoms with Gasteiger partial charge >= 0.3 is 5.97 Å². The lowest BCUT2D eigenvalue weighted by Gasteiger charge is -2.28. The molecule has 5 nitrogen and oxygen atoms in total. The number of carbonyl (C=O) groups is 2. The molecule has 1 aliphatic carbocycles. The Morgan fingerprint density at radius 2 is 1.73 bits per heavy atom. The molecule has 33 heavy (non-hydrogen) atoms. The zero-order valence-corrected chi connectivity index (χ0v) is 18.5. The van der Waals surface area contributed by atoms with Gasteiger partial charge in [0.05, 0.1) is 19.7 Å². The van der Waals surface area contributed by atoms with E-state index in [0.29, 0.717) is 6.42 Å². The van der Waals surface area contributed by atoms with Gasteiger partial charge in [-0.1, -0.05) is 85.0 Å². The van der Waals surface area contributed by atoms with Gasteiger partial charge in [0.15, 0.2) is 0 Å². The van der Waals surface area contributed by atoms with Crippen molar-refractivity contribution in [3.05, 3.63) is 102 Å². The smallest absolute Gasteiger partial charge is 0.328 e. The molecule has 1 amide bonds. The van der Waals surface area contributed by atoms with Crippen LogP contribution in [-0.4, -0.2) is 37.6 Å². The Bertz CT molecular complexity index is 1260. The first-order valence-corrected chi connectivity index (χ1v) is 11.2. The van der Waals surface area contributed by atoms with Gasteiger partial charge in [-0.2, -0.15) is 0 Å². The molecule has 0 spiro atoms. The predicted molar refractivity (Wildman–Crippen MR) is 130 cm³/mol. The molecule has 5 rings (SSSR count). The Morgan fingerprint density at radius 1 is 0.970 bits per heavy atom. The van der Waals surface area contributed by atoms with Crippen molar-refractivity contribution in [2.45, 2.75) is 24.4 Å². The second-order valence-electron chi connectivity index (χ2n) is 8.50. The van der Waals surface area contributed by atoms with Crippen molar-refractivity contribution in [1.29, 1.82) is 0 Å². The zero-order chi connectivity index (χ0) is 22.8. The molecule has 0 fully saturated rings.